The molecule has 0 aromatic heterocycles. The summed E-state index contributed by atoms with van der Waals surface area (Å²) in [7, 11) is -3.63. The standard InChI is InChI=1S/C26H33FN2O3S/c1-2-25(22-12-11-19-7-3-4-8-21(19)17-22)28-26(30)20-13-15-29(16-14-20)33(31,32)18-23-9-5-6-10-24(23)27/h5-6,9-12,17,20,25H,2-4,7-8,13-16,18H2,1H3,(H,28,30)/t25-/m1/s1. The summed E-state index contributed by atoms with van der Waals surface area (Å²) in [4.78, 5) is 13.0. The number of carbonyl (C=O) groups excluding carboxylic acids is 1. The van der Waals surface area contributed by atoms with E-state index in [0.29, 0.717) is 12.8 Å². The Morgan fingerprint density at radius 1 is 1.09 bits per heavy atom. The normalized spacial score (nSPS) is 18.5. The van der Waals surface area contributed by atoms with Crippen LogP contribution in [-0.4, -0.2) is 31.7 Å². The number of hydrogen-bond acceptors (Lipinski definition) is 3. The van der Waals surface area contributed by atoms with Gasteiger partial charge in [-0.3, -0.25) is 4.79 Å². The smallest absolute Gasteiger partial charge is 0.223 e. The van der Waals surface area contributed by atoms with E-state index in [2.05, 4.69) is 30.4 Å². The molecule has 1 atom stereocenters. The fraction of sp³-hybridized carbons (Fsp3) is 0.500. The maximum Gasteiger partial charge on any atom is 0.223 e. The van der Waals surface area contributed by atoms with Crippen molar-refractivity contribution >= 4 is 15.9 Å². The van der Waals surface area contributed by atoms with Crippen molar-refractivity contribution in [2.45, 2.75) is 63.7 Å². The van der Waals surface area contributed by atoms with E-state index in [1.807, 2.05) is 0 Å². The molecule has 1 saturated heterocycles. The maximum absolute atomic E-state index is 13.9. The lowest BCUT2D eigenvalue weighted by molar-refractivity contribution is -0.126. The van der Waals surface area contributed by atoms with Crippen LogP contribution in [0.2, 0.25) is 0 Å². The molecule has 0 spiro atoms. The zero-order valence-corrected chi connectivity index (χ0v) is 20.0. The molecule has 0 unspecified atom stereocenters. The molecular formula is C26H33FN2O3S. The van der Waals surface area contributed by atoms with Gasteiger partial charge in [0, 0.05) is 24.6 Å². The van der Waals surface area contributed by atoms with E-state index >= 15 is 0 Å². The third-order valence-electron chi connectivity index (χ3n) is 7.01. The minimum Gasteiger partial charge on any atom is -0.349 e. The molecule has 0 radical (unpaired) electrons. The minimum atomic E-state index is -3.63. The molecule has 2 aliphatic rings. The van der Waals surface area contributed by atoms with Crippen LogP contribution in [0.3, 0.4) is 0 Å². The Morgan fingerprint density at radius 2 is 1.79 bits per heavy atom. The van der Waals surface area contributed by atoms with Gasteiger partial charge in [0.15, 0.2) is 0 Å². The van der Waals surface area contributed by atoms with Crippen LogP contribution in [0.4, 0.5) is 4.39 Å². The Kier molecular flexibility index (Phi) is 7.49. The fourth-order valence-electron chi connectivity index (χ4n) is 4.98. The van der Waals surface area contributed by atoms with Crippen molar-refractivity contribution < 1.29 is 17.6 Å². The lowest BCUT2D eigenvalue weighted by Crippen LogP contribution is -2.44. The van der Waals surface area contributed by atoms with Gasteiger partial charge in [-0.05, 0) is 67.7 Å². The van der Waals surface area contributed by atoms with Crippen molar-refractivity contribution in [2.75, 3.05) is 13.1 Å². The van der Waals surface area contributed by atoms with Gasteiger partial charge in [-0.25, -0.2) is 17.1 Å². The number of hydrogen-bond donors (Lipinski definition) is 1. The highest BCUT2D eigenvalue weighted by atomic mass is 32.2. The van der Waals surface area contributed by atoms with E-state index in [9.17, 15) is 17.6 Å². The third-order valence-corrected chi connectivity index (χ3v) is 8.84. The average Bonchev–Trinajstić information content (AvgIpc) is 2.83. The Bertz CT molecular complexity index is 1090. The Hall–Kier alpha value is -2.25. The molecular weight excluding hydrogens is 439 g/mol. The first kappa shape index (κ1) is 23.9. The number of sulfonamides is 1. The van der Waals surface area contributed by atoms with Crippen LogP contribution in [0.15, 0.2) is 42.5 Å². The summed E-state index contributed by atoms with van der Waals surface area (Å²) in [5.74, 6) is -1.09. The number of piperidine rings is 1. The minimum absolute atomic E-state index is 0.00859. The van der Waals surface area contributed by atoms with Gasteiger partial charge < -0.3 is 5.32 Å². The molecule has 0 bridgehead atoms. The average molecular weight is 473 g/mol. The van der Waals surface area contributed by atoms with E-state index in [1.54, 1.807) is 12.1 Å². The van der Waals surface area contributed by atoms with E-state index in [0.717, 1.165) is 24.8 Å². The SMILES string of the molecule is CC[C@@H](NC(=O)C1CCN(S(=O)(=O)Cc2ccccc2F)CC1)c1ccc2c(c1)CCCC2. The van der Waals surface area contributed by atoms with Gasteiger partial charge in [0.05, 0.1) is 11.8 Å². The molecule has 33 heavy (non-hydrogen) atoms. The van der Waals surface area contributed by atoms with Gasteiger partial charge in [0.2, 0.25) is 15.9 Å². The number of rotatable bonds is 7. The molecule has 0 saturated carbocycles. The lowest BCUT2D eigenvalue weighted by Gasteiger charge is -2.31. The monoisotopic (exact) mass is 472 g/mol. The van der Waals surface area contributed by atoms with Crippen LogP contribution < -0.4 is 5.32 Å². The van der Waals surface area contributed by atoms with Crippen LogP contribution in [0.5, 0.6) is 0 Å². The summed E-state index contributed by atoms with van der Waals surface area (Å²) in [5, 5.41) is 3.20. The zero-order valence-electron chi connectivity index (χ0n) is 19.2. The second kappa shape index (κ2) is 10.3. The molecule has 1 N–H and O–H groups in total. The van der Waals surface area contributed by atoms with Crippen molar-refractivity contribution in [1.82, 2.24) is 9.62 Å². The molecule has 1 fully saturated rings. The van der Waals surface area contributed by atoms with Gasteiger partial charge in [0.1, 0.15) is 5.82 Å². The first-order valence-electron chi connectivity index (χ1n) is 12.0. The molecule has 1 amide bonds. The van der Waals surface area contributed by atoms with Crippen LogP contribution >= 0.6 is 0 Å². The number of nitrogens with one attached hydrogen (secondary N) is 1. The van der Waals surface area contributed by atoms with Crippen LogP contribution in [-0.2, 0) is 33.4 Å². The van der Waals surface area contributed by atoms with E-state index in [1.165, 1.54) is 40.4 Å². The molecule has 1 aliphatic heterocycles. The second-order valence-corrected chi connectivity index (χ2v) is 11.2. The summed E-state index contributed by atoms with van der Waals surface area (Å²) in [6.45, 7) is 2.64. The summed E-state index contributed by atoms with van der Waals surface area (Å²) in [5.41, 5.74) is 4.15. The number of benzene rings is 2. The number of fused-ring (bicyclic) bond motifs is 1. The van der Waals surface area contributed by atoms with Crippen molar-refractivity contribution in [3.8, 4) is 0 Å². The number of amides is 1. The van der Waals surface area contributed by atoms with Gasteiger partial charge in [-0.1, -0.05) is 43.3 Å². The van der Waals surface area contributed by atoms with E-state index < -0.39 is 15.8 Å². The highest BCUT2D eigenvalue weighted by Crippen LogP contribution is 2.28. The molecule has 2 aromatic carbocycles. The molecule has 5 nitrogen and oxygen atoms in total. The van der Waals surface area contributed by atoms with Crippen LogP contribution in [0, 0.1) is 11.7 Å². The number of nitrogens with zero attached hydrogens (tertiary/aromatic N) is 1. The third kappa shape index (κ3) is 5.64. The van der Waals surface area contributed by atoms with Crippen LogP contribution in [0.25, 0.3) is 0 Å². The van der Waals surface area contributed by atoms with E-state index in [4.69, 9.17) is 0 Å². The van der Waals surface area contributed by atoms with Crippen molar-refractivity contribution in [1.29, 1.82) is 0 Å². The Morgan fingerprint density at radius 3 is 2.48 bits per heavy atom. The molecule has 178 valence electrons. The number of halogens is 1. The molecule has 7 heteroatoms. The summed E-state index contributed by atoms with van der Waals surface area (Å²) in [6, 6.07) is 12.5. The van der Waals surface area contributed by atoms with Gasteiger partial charge in [-0.2, -0.15) is 0 Å². The first-order chi connectivity index (χ1) is 15.9. The summed E-state index contributed by atoms with van der Waals surface area (Å²) >= 11 is 0. The largest absolute Gasteiger partial charge is 0.349 e. The van der Waals surface area contributed by atoms with Gasteiger partial charge in [-0.15, -0.1) is 0 Å². The Balaban J connectivity index is 1.34. The predicted octanol–water partition coefficient (Wildman–Crippen LogP) is 4.51. The quantitative estimate of drug-likeness (QED) is 0.645. The Labute approximate surface area is 196 Å². The first-order valence-corrected chi connectivity index (χ1v) is 13.6. The molecule has 2 aromatic rings. The number of carbonyl (C=O) groups is 1. The fourth-order valence-corrected chi connectivity index (χ4v) is 6.56. The summed E-state index contributed by atoms with van der Waals surface area (Å²) < 4.78 is 40.8. The predicted molar refractivity (Wildman–Crippen MR) is 128 cm³/mol. The van der Waals surface area contributed by atoms with Crippen molar-refractivity contribution in [2.24, 2.45) is 5.92 Å². The van der Waals surface area contributed by atoms with Crippen LogP contribution in [0.1, 0.15) is 67.3 Å². The van der Waals surface area contributed by atoms with Gasteiger partial charge >= 0.3 is 0 Å². The molecule has 1 aliphatic carbocycles. The molecule has 4 rings (SSSR count). The second-order valence-electron chi connectivity index (χ2n) is 9.23. The lowest BCUT2D eigenvalue weighted by atomic mass is 9.88. The highest BCUT2D eigenvalue weighted by Gasteiger charge is 2.32. The van der Waals surface area contributed by atoms with Gasteiger partial charge in [0.25, 0.3) is 0 Å². The summed E-state index contributed by atoms with van der Waals surface area (Å²) in [6.07, 6.45) is 6.46. The topological polar surface area (TPSA) is 66.5 Å². The number of aryl methyl sites for hydroxylation is 2. The zero-order chi connectivity index (χ0) is 23.4. The maximum atomic E-state index is 13.9. The van der Waals surface area contributed by atoms with Crippen molar-refractivity contribution in [3.63, 3.8) is 0 Å². The highest BCUT2D eigenvalue weighted by molar-refractivity contribution is 7.88. The molecule has 1 heterocycles. The van der Waals surface area contributed by atoms with E-state index in [-0.39, 0.29) is 42.3 Å². The van der Waals surface area contributed by atoms with Crippen molar-refractivity contribution in [3.05, 3.63) is 70.5 Å².